The fourth-order valence-corrected chi connectivity index (χ4v) is 4.72. The van der Waals surface area contributed by atoms with Crippen LogP contribution in [0.5, 0.6) is 5.75 Å². The molecule has 27 heavy (non-hydrogen) atoms. The summed E-state index contributed by atoms with van der Waals surface area (Å²) in [5.41, 5.74) is 1.48. The van der Waals surface area contributed by atoms with E-state index < -0.39 is 16.0 Å². The molecule has 0 bridgehead atoms. The van der Waals surface area contributed by atoms with E-state index in [1.807, 2.05) is 0 Å². The number of esters is 1. The van der Waals surface area contributed by atoms with Gasteiger partial charge in [0.2, 0.25) is 10.0 Å². The lowest BCUT2D eigenvalue weighted by Gasteiger charge is -2.22. The van der Waals surface area contributed by atoms with Gasteiger partial charge in [-0.3, -0.25) is 0 Å². The van der Waals surface area contributed by atoms with Crippen LogP contribution in [0.1, 0.15) is 41.1 Å². The number of benzene rings is 1. The first-order valence-corrected chi connectivity index (χ1v) is 10.1. The fraction of sp³-hybridized carbons (Fsp3) is 0.421. The minimum absolute atomic E-state index is 0.0170. The smallest absolute Gasteiger partial charge is 0.341 e. The normalized spacial score (nSPS) is 11.6. The van der Waals surface area contributed by atoms with Crippen molar-refractivity contribution >= 4 is 16.0 Å². The molecule has 0 aliphatic rings. The monoisotopic (exact) mass is 395 g/mol. The summed E-state index contributed by atoms with van der Waals surface area (Å²) in [5, 5.41) is 0. The Kier molecular flexibility index (Phi) is 6.67. The fourth-order valence-electron chi connectivity index (χ4n) is 2.89. The molecule has 0 fully saturated rings. The summed E-state index contributed by atoms with van der Waals surface area (Å²) in [6.45, 7) is 7.46. The minimum Gasteiger partial charge on any atom is -0.497 e. The van der Waals surface area contributed by atoms with Crippen molar-refractivity contribution in [1.29, 1.82) is 0 Å². The molecule has 0 saturated carbocycles. The average Bonchev–Trinajstić information content (AvgIpc) is 3.07. The molecule has 2 rings (SSSR count). The number of ether oxygens (including phenoxy) is 2. The Labute approximate surface area is 159 Å². The van der Waals surface area contributed by atoms with Crippen molar-refractivity contribution in [2.24, 2.45) is 0 Å². The van der Waals surface area contributed by atoms with Crippen molar-refractivity contribution < 1.29 is 27.1 Å². The second-order valence-corrected chi connectivity index (χ2v) is 7.92. The van der Waals surface area contributed by atoms with E-state index >= 15 is 0 Å². The first-order chi connectivity index (χ1) is 12.7. The van der Waals surface area contributed by atoms with Gasteiger partial charge in [0, 0.05) is 6.54 Å². The Hall–Kier alpha value is -2.32. The van der Waals surface area contributed by atoms with Gasteiger partial charge < -0.3 is 13.9 Å². The van der Waals surface area contributed by atoms with Gasteiger partial charge in [-0.2, -0.15) is 4.31 Å². The maximum absolute atomic E-state index is 13.2. The van der Waals surface area contributed by atoms with Gasteiger partial charge in [-0.1, -0.05) is 6.92 Å². The van der Waals surface area contributed by atoms with Gasteiger partial charge in [0.15, 0.2) is 0 Å². The maximum atomic E-state index is 13.2. The van der Waals surface area contributed by atoms with E-state index in [4.69, 9.17) is 13.9 Å². The Morgan fingerprint density at radius 1 is 1.15 bits per heavy atom. The lowest BCUT2D eigenvalue weighted by Crippen LogP contribution is -2.31. The third kappa shape index (κ3) is 4.51. The lowest BCUT2D eigenvalue weighted by molar-refractivity contribution is 0.0525. The summed E-state index contributed by atoms with van der Waals surface area (Å²) in [5.74, 6) is 0.477. The first-order valence-electron chi connectivity index (χ1n) is 8.64. The summed E-state index contributed by atoms with van der Waals surface area (Å²) < 4.78 is 43.2. The van der Waals surface area contributed by atoms with E-state index in [1.165, 1.54) is 16.6 Å². The van der Waals surface area contributed by atoms with E-state index in [1.54, 1.807) is 46.9 Å². The van der Waals surface area contributed by atoms with E-state index in [-0.39, 0.29) is 30.2 Å². The van der Waals surface area contributed by atoms with Gasteiger partial charge in [0.05, 0.1) is 30.7 Å². The summed E-state index contributed by atoms with van der Waals surface area (Å²) in [6.07, 6.45) is 1.28. The van der Waals surface area contributed by atoms with Crippen molar-refractivity contribution in [3.05, 3.63) is 46.9 Å². The van der Waals surface area contributed by atoms with Crippen molar-refractivity contribution in [2.45, 2.75) is 39.1 Å². The molecule has 148 valence electrons. The molecule has 0 aliphatic carbocycles. The van der Waals surface area contributed by atoms with Gasteiger partial charge in [-0.25, -0.2) is 13.2 Å². The maximum Gasteiger partial charge on any atom is 0.341 e. The van der Waals surface area contributed by atoms with Crippen molar-refractivity contribution in [2.75, 3.05) is 20.3 Å². The van der Waals surface area contributed by atoms with Crippen LogP contribution in [0.2, 0.25) is 0 Å². The zero-order valence-corrected chi connectivity index (χ0v) is 17.1. The van der Waals surface area contributed by atoms with Gasteiger partial charge in [0.25, 0.3) is 0 Å². The quantitative estimate of drug-likeness (QED) is 0.638. The lowest BCUT2D eigenvalue weighted by atomic mass is 10.1. The highest BCUT2D eigenvalue weighted by atomic mass is 32.2. The number of furan rings is 1. The molecule has 0 saturated heterocycles. The van der Waals surface area contributed by atoms with Gasteiger partial charge in [-0.05, 0) is 50.1 Å². The molecule has 0 N–H and O–H groups in total. The highest BCUT2D eigenvalue weighted by Crippen LogP contribution is 2.29. The number of carbonyl (C=O) groups excluding carboxylic acids is 1. The highest BCUT2D eigenvalue weighted by Gasteiger charge is 2.28. The Morgan fingerprint density at radius 3 is 2.30 bits per heavy atom. The SMILES string of the molecule is CCOC(=O)c1coc(CN(CC)S(=O)(=O)c2c(C)cc(OC)cc2C)c1. The number of aryl methyl sites for hydroxylation is 2. The summed E-state index contributed by atoms with van der Waals surface area (Å²) in [7, 11) is -2.21. The number of sulfonamides is 1. The molecule has 0 atom stereocenters. The number of nitrogens with zero attached hydrogens (tertiary/aromatic N) is 1. The van der Waals surface area contributed by atoms with Crippen LogP contribution < -0.4 is 4.74 Å². The van der Waals surface area contributed by atoms with Gasteiger partial charge >= 0.3 is 5.97 Å². The van der Waals surface area contributed by atoms with Crippen LogP contribution in [-0.4, -0.2) is 39.0 Å². The Balaban J connectivity index is 2.33. The second kappa shape index (κ2) is 8.58. The van der Waals surface area contributed by atoms with E-state index in [0.29, 0.717) is 22.6 Å². The Bertz CT molecular complexity index is 893. The van der Waals surface area contributed by atoms with Crippen LogP contribution in [0.25, 0.3) is 0 Å². The van der Waals surface area contributed by atoms with Crippen LogP contribution in [0.15, 0.2) is 33.8 Å². The van der Waals surface area contributed by atoms with Crippen molar-refractivity contribution in [1.82, 2.24) is 4.31 Å². The zero-order chi connectivity index (χ0) is 20.2. The molecule has 8 heteroatoms. The second-order valence-electron chi connectivity index (χ2n) is 6.04. The number of hydrogen-bond donors (Lipinski definition) is 0. The predicted octanol–water partition coefficient (Wildman–Crippen LogP) is 3.29. The van der Waals surface area contributed by atoms with Crippen LogP contribution in [0.3, 0.4) is 0 Å². The molecule has 2 aromatic rings. The third-order valence-corrected chi connectivity index (χ3v) is 6.34. The van der Waals surface area contributed by atoms with E-state index in [9.17, 15) is 13.2 Å². The van der Waals surface area contributed by atoms with Gasteiger partial charge in [0.1, 0.15) is 17.8 Å². The number of hydrogen-bond acceptors (Lipinski definition) is 6. The highest BCUT2D eigenvalue weighted by molar-refractivity contribution is 7.89. The third-order valence-electron chi connectivity index (χ3n) is 4.12. The Morgan fingerprint density at radius 2 is 1.78 bits per heavy atom. The van der Waals surface area contributed by atoms with Crippen LogP contribution in [0, 0.1) is 13.8 Å². The number of carbonyl (C=O) groups is 1. The summed E-state index contributed by atoms with van der Waals surface area (Å²) >= 11 is 0. The number of rotatable bonds is 8. The standard InChI is InChI=1S/C19H25NO6S/c1-6-20(11-17-10-15(12-26-17)19(21)25-7-2)27(22,23)18-13(3)8-16(24-5)9-14(18)4/h8-10,12H,6-7,11H2,1-5H3. The van der Waals surface area contributed by atoms with Gasteiger partial charge in [-0.15, -0.1) is 0 Å². The van der Waals surface area contributed by atoms with Crippen LogP contribution in [-0.2, 0) is 21.3 Å². The van der Waals surface area contributed by atoms with E-state index in [2.05, 4.69) is 0 Å². The molecule has 7 nitrogen and oxygen atoms in total. The average molecular weight is 395 g/mol. The van der Waals surface area contributed by atoms with Crippen molar-refractivity contribution in [3.8, 4) is 5.75 Å². The molecule has 1 heterocycles. The first kappa shape index (κ1) is 21.0. The minimum atomic E-state index is -3.76. The summed E-state index contributed by atoms with van der Waals surface area (Å²) in [6, 6.07) is 4.89. The van der Waals surface area contributed by atoms with Crippen LogP contribution >= 0.6 is 0 Å². The molecule has 0 radical (unpaired) electrons. The molecule has 1 aromatic carbocycles. The molecule has 0 amide bonds. The van der Waals surface area contributed by atoms with Crippen molar-refractivity contribution in [3.63, 3.8) is 0 Å². The zero-order valence-electron chi connectivity index (χ0n) is 16.2. The molecule has 1 aromatic heterocycles. The molecule has 0 unspecified atom stereocenters. The van der Waals surface area contributed by atoms with E-state index in [0.717, 1.165) is 0 Å². The predicted molar refractivity (Wildman–Crippen MR) is 100 cm³/mol. The molecule has 0 aliphatic heterocycles. The molecular weight excluding hydrogens is 370 g/mol. The largest absolute Gasteiger partial charge is 0.497 e. The number of methoxy groups -OCH3 is 1. The molecule has 0 spiro atoms. The van der Waals surface area contributed by atoms with Crippen LogP contribution in [0.4, 0.5) is 0 Å². The topological polar surface area (TPSA) is 86.0 Å². The molecular formula is C19H25NO6S. The summed E-state index contributed by atoms with van der Waals surface area (Å²) in [4.78, 5) is 12.0.